The number of esters is 1. The van der Waals surface area contributed by atoms with E-state index in [1.807, 2.05) is 51.1 Å². The van der Waals surface area contributed by atoms with Crippen molar-refractivity contribution in [3.63, 3.8) is 0 Å². The molecule has 1 aromatic rings. The zero-order chi connectivity index (χ0) is 16.4. The van der Waals surface area contributed by atoms with Gasteiger partial charge in [-0.15, -0.1) is 0 Å². The lowest BCUT2D eigenvalue weighted by atomic mass is 10.3. The van der Waals surface area contributed by atoms with E-state index >= 15 is 0 Å². The van der Waals surface area contributed by atoms with E-state index in [4.69, 9.17) is 14.2 Å². The summed E-state index contributed by atoms with van der Waals surface area (Å²) in [6.45, 7) is 8.95. The first kappa shape index (κ1) is 17.8. The van der Waals surface area contributed by atoms with Crippen LogP contribution in [0.4, 0.5) is 0 Å². The van der Waals surface area contributed by atoms with Crippen LogP contribution >= 0.6 is 0 Å². The highest BCUT2D eigenvalue weighted by molar-refractivity contribution is 5.82. The van der Waals surface area contributed by atoms with Gasteiger partial charge in [0.2, 0.25) is 0 Å². The first-order valence-corrected chi connectivity index (χ1v) is 7.34. The fourth-order valence-corrected chi connectivity index (χ4v) is 1.56. The summed E-state index contributed by atoms with van der Waals surface area (Å²) in [5, 5.41) is 0. The molecule has 1 rings (SSSR count). The number of hydrogen-bond acceptors (Lipinski definition) is 4. The summed E-state index contributed by atoms with van der Waals surface area (Å²) in [5.74, 6) is 1.18. The Morgan fingerprint density at radius 2 is 1.64 bits per heavy atom. The van der Waals surface area contributed by atoms with Crippen molar-refractivity contribution in [1.29, 1.82) is 0 Å². The molecule has 0 amide bonds. The van der Waals surface area contributed by atoms with Crippen LogP contribution in [0.25, 0.3) is 0 Å². The summed E-state index contributed by atoms with van der Waals surface area (Å²) in [5.41, 5.74) is 2.03. The quantitative estimate of drug-likeness (QED) is 0.415. The second kappa shape index (κ2) is 9.66. The van der Waals surface area contributed by atoms with Gasteiger partial charge in [-0.2, -0.15) is 0 Å². The zero-order valence-corrected chi connectivity index (χ0v) is 13.7. The topological polar surface area (TPSA) is 44.8 Å². The van der Waals surface area contributed by atoms with E-state index in [2.05, 4.69) is 0 Å². The summed E-state index contributed by atoms with van der Waals surface area (Å²) < 4.78 is 16.0. The largest absolute Gasteiger partial charge is 0.490 e. The Morgan fingerprint density at radius 3 is 2.18 bits per heavy atom. The van der Waals surface area contributed by atoms with E-state index in [-0.39, 0.29) is 5.97 Å². The maximum atomic E-state index is 11.3. The van der Waals surface area contributed by atoms with Gasteiger partial charge >= 0.3 is 5.97 Å². The monoisotopic (exact) mass is 304 g/mol. The van der Waals surface area contributed by atoms with Crippen LogP contribution in [0, 0.1) is 0 Å². The molecule has 0 N–H and O–H groups in total. The molecule has 0 heterocycles. The van der Waals surface area contributed by atoms with Gasteiger partial charge in [-0.3, -0.25) is 0 Å². The van der Waals surface area contributed by atoms with Crippen LogP contribution in [0.1, 0.15) is 27.7 Å². The van der Waals surface area contributed by atoms with E-state index in [9.17, 15) is 4.79 Å². The van der Waals surface area contributed by atoms with E-state index in [0.717, 1.165) is 17.1 Å². The highest BCUT2D eigenvalue weighted by Gasteiger charge is 2.00. The van der Waals surface area contributed by atoms with Crippen molar-refractivity contribution in [2.75, 3.05) is 19.8 Å². The number of allylic oxidation sites excluding steroid dienone is 1. The van der Waals surface area contributed by atoms with E-state index in [1.165, 1.54) is 11.6 Å². The zero-order valence-electron chi connectivity index (χ0n) is 13.7. The van der Waals surface area contributed by atoms with Crippen molar-refractivity contribution in [1.82, 2.24) is 0 Å². The summed E-state index contributed by atoms with van der Waals surface area (Å²) in [6.07, 6.45) is 3.47. The first-order valence-electron chi connectivity index (χ1n) is 7.34. The number of carbonyl (C=O) groups is 1. The van der Waals surface area contributed by atoms with Gasteiger partial charge in [-0.1, -0.05) is 5.57 Å². The SMILES string of the molecule is CCOC(=O)C=C(C)COc1ccc(OCC=C(C)C)cc1. The molecule has 0 saturated heterocycles. The molecule has 120 valence electrons. The maximum absolute atomic E-state index is 11.3. The van der Waals surface area contributed by atoms with Crippen LogP contribution in [0.5, 0.6) is 11.5 Å². The average Bonchev–Trinajstić information content (AvgIpc) is 2.46. The second-order valence-electron chi connectivity index (χ2n) is 5.10. The minimum Gasteiger partial charge on any atom is -0.490 e. The second-order valence-corrected chi connectivity index (χ2v) is 5.10. The van der Waals surface area contributed by atoms with Gasteiger partial charge in [0.1, 0.15) is 24.7 Å². The summed E-state index contributed by atoms with van der Waals surface area (Å²) in [7, 11) is 0. The molecule has 4 heteroatoms. The van der Waals surface area contributed by atoms with Crippen LogP contribution < -0.4 is 9.47 Å². The Labute approximate surface area is 132 Å². The minimum atomic E-state index is -0.341. The van der Waals surface area contributed by atoms with E-state index in [1.54, 1.807) is 6.92 Å². The van der Waals surface area contributed by atoms with Crippen LogP contribution in [-0.2, 0) is 9.53 Å². The Bertz CT molecular complexity index is 523. The van der Waals surface area contributed by atoms with Gasteiger partial charge in [0, 0.05) is 6.08 Å². The molecule has 22 heavy (non-hydrogen) atoms. The lowest BCUT2D eigenvalue weighted by molar-refractivity contribution is -0.137. The Balaban J connectivity index is 2.44. The van der Waals surface area contributed by atoms with E-state index in [0.29, 0.717) is 19.8 Å². The fraction of sp³-hybridized carbons (Fsp3) is 0.389. The number of carbonyl (C=O) groups excluding carboxylic acids is 1. The lowest BCUT2D eigenvalue weighted by Gasteiger charge is -2.08. The van der Waals surface area contributed by atoms with Crippen molar-refractivity contribution in [3.8, 4) is 11.5 Å². The van der Waals surface area contributed by atoms with Gasteiger partial charge in [0.15, 0.2) is 0 Å². The summed E-state index contributed by atoms with van der Waals surface area (Å²) in [6, 6.07) is 7.40. The van der Waals surface area contributed by atoms with Crippen LogP contribution in [-0.4, -0.2) is 25.8 Å². The Kier molecular flexibility index (Phi) is 7.83. The molecule has 0 aliphatic heterocycles. The third kappa shape index (κ3) is 7.53. The highest BCUT2D eigenvalue weighted by Crippen LogP contribution is 2.18. The van der Waals surface area contributed by atoms with Crippen LogP contribution in [0.2, 0.25) is 0 Å². The number of rotatable bonds is 8. The Morgan fingerprint density at radius 1 is 1.05 bits per heavy atom. The summed E-state index contributed by atoms with van der Waals surface area (Å²) in [4.78, 5) is 11.3. The Hall–Kier alpha value is -2.23. The molecule has 0 saturated carbocycles. The smallest absolute Gasteiger partial charge is 0.330 e. The predicted molar refractivity (Wildman–Crippen MR) is 87.3 cm³/mol. The van der Waals surface area contributed by atoms with Gasteiger partial charge in [0.25, 0.3) is 0 Å². The van der Waals surface area contributed by atoms with Crippen molar-refractivity contribution in [2.24, 2.45) is 0 Å². The average molecular weight is 304 g/mol. The van der Waals surface area contributed by atoms with Gasteiger partial charge < -0.3 is 14.2 Å². The van der Waals surface area contributed by atoms with Crippen molar-refractivity contribution >= 4 is 5.97 Å². The molecule has 0 aliphatic carbocycles. The minimum absolute atomic E-state index is 0.341. The molecule has 0 aromatic heterocycles. The molecule has 1 aromatic carbocycles. The van der Waals surface area contributed by atoms with Crippen molar-refractivity contribution in [3.05, 3.63) is 47.6 Å². The maximum Gasteiger partial charge on any atom is 0.330 e. The molecule has 0 bridgehead atoms. The molecule has 0 fully saturated rings. The number of ether oxygens (including phenoxy) is 3. The number of hydrogen-bond donors (Lipinski definition) is 0. The van der Waals surface area contributed by atoms with Crippen molar-refractivity contribution in [2.45, 2.75) is 27.7 Å². The molecule has 0 aliphatic rings. The molecular formula is C18H24O4. The third-order valence-corrected chi connectivity index (χ3v) is 2.68. The number of benzene rings is 1. The lowest BCUT2D eigenvalue weighted by Crippen LogP contribution is -2.04. The van der Waals surface area contributed by atoms with Crippen molar-refractivity contribution < 1.29 is 19.0 Å². The van der Waals surface area contributed by atoms with Gasteiger partial charge in [0.05, 0.1) is 6.61 Å². The molecule has 0 unspecified atom stereocenters. The normalized spacial score (nSPS) is 10.8. The third-order valence-electron chi connectivity index (χ3n) is 2.68. The molecule has 0 atom stereocenters. The van der Waals surface area contributed by atoms with E-state index < -0.39 is 0 Å². The van der Waals surface area contributed by atoms with Crippen LogP contribution in [0.15, 0.2) is 47.6 Å². The fourth-order valence-electron chi connectivity index (χ4n) is 1.56. The molecule has 0 radical (unpaired) electrons. The summed E-state index contributed by atoms with van der Waals surface area (Å²) >= 11 is 0. The highest BCUT2D eigenvalue weighted by atomic mass is 16.5. The first-order chi connectivity index (χ1) is 10.5. The predicted octanol–water partition coefficient (Wildman–Crippen LogP) is 3.92. The molecular weight excluding hydrogens is 280 g/mol. The van der Waals surface area contributed by atoms with Crippen LogP contribution in [0.3, 0.4) is 0 Å². The van der Waals surface area contributed by atoms with Gasteiger partial charge in [-0.05, 0) is 63.6 Å². The molecule has 0 spiro atoms. The standard InChI is InChI=1S/C18H24O4/c1-5-20-18(19)12-15(4)13-22-17-8-6-16(7-9-17)21-11-10-14(2)3/h6-10,12H,5,11,13H2,1-4H3. The molecule has 4 nitrogen and oxygen atoms in total. The van der Waals surface area contributed by atoms with Gasteiger partial charge in [-0.25, -0.2) is 4.79 Å².